The largest absolute Gasteiger partial charge is 0.497 e. The third-order valence-electron chi connectivity index (χ3n) is 5.79. The van der Waals surface area contributed by atoms with Gasteiger partial charge in [0.05, 0.1) is 7.11 Å². The fourth-order valence-electron chi connectivity index (χ4n) is 4.07. The van der Waals surface area contributed by atoms with Gasteiger partial charge in [0.2, 0.25) is 10.3 Å². The average molecular weight is 494 g/mol. The van der Waals surface area contributed by atoms with Crippen molar-refractivity contribution < 1.29 is 28.0 Å². The van der Waals surface area contributed by atoms with Gasteiger partial charge in [-0.2, -0.15) is 8.42 Å². The number of hydrogen-bond donors (Lipinski definition) is 2. The Morgan fingerprint density at radius 3 is 2.11 bits per heavy atom. The fourth-order valence-corrected chi connectivity index (χ4v) is 4.84. The minimum atomic E-state index is -2.93. The molecule has 2 amide bonds. The Balaban J connectivity index is 1.67. The summed E-state index contributed by atoms with van der Waals surface area (Å²) in [5, 5.41) is 9.35. The molecular formula is C25H23N3O6S. The Labute approximate surface area is 203 Å². The van der Waals surface area contributed by atoms with Crippen LogP contribution in [0.2, 0.25) is 0 Å². The zero-order valence-electron chi connectivity index (χ0n) is 18.8. The highest BCUT2D eigenvalue weighted by Crippen LogP contribution is 2.26. The second-order valence-electron chi connectivity index (χ2n) is 7.74. The summed E-state index contributed by atoms with van der Waals surface area (Å²) in [6, 6.07) is 21.6. The highest BCUT2D eigenvalue weighted by molar-refractivity contribution is 7.73. The van der Waals surface area contributed by atoms with Crippen LogP contribution < -0.4 is 15.1 Å². The third-order valence-corrected chi connectivity index (χ3v) is 6.58. The Hall–Kier alpha value is -4.15. The Morgan fingerprint density at radius 1 is 0.914 bits per heavy atom. The number of hydroxylamine groups is 1. The first-order chi connectivity index (χ1) is 16.9. The monoisotopic (exact) mass is 493 g/mol. The summed E-state index contributed by atoms with van der Waals surface area (Å²) < 4.78 is 29.8. The van der Waals surface area contributed by atoms with Crippen LogP contribution in [-0.2, 0) is 15.1 Å². The quantitative estimate of drug-likeness (QED) is 0.318. The first-order valence-electron chi connectivity index (χ1n) is 10.7. The summed E-state index contributed by atoms with van der Waals surface area (Å²) >= 11 is 0. The van der Waals surface area contributed by atoms with E-state index in [4.69, 9.17) is 4.74 Å². The van der Waals surface area contributed by atoms with E-state index >= 15 is 0 Å². The van der Waals surface area contributed by atoms with Crippen LogP contribution in [0, 0.1) is 0 Å². The minimum Gasteiger partial charge on any atom is -0.497 e. The van der Waals surface area contributed by atoms with Crippen molar-refractivity contribution >= 4 is 32.8 Å². The number of ether oxygens (including phenoxy) is 1. The minimum absolute atomic E-state index is 0.0177. The Morgan fingerprint density at radius 2 is 1.54 bits per heavy atom. The topological polar surface area (TPSA) is 116 Å². The summed E-state index contributed by atoms with van der Waals surface area (Å²) in [5.74, 6) is -0.952. The molecule has 0 radical (unpaired) electrons. The molecule has 4 rings (SSSR count). The van der Waals surface area contributed by atoms with Gasteiger partial charge in [-0.1, -0.05) is 42.5 Å². The number of anilines is 1. The van der Waals surface area contributed by atoms with Crippen LogP contribution in [0.1, 0.15) is 10.4 Å². The molecule has 3 aromatic rings. The average Bonchev–Trinajstić information content (AvgIpc) is 2.92. The summed E-state index contributed by atoms with van der Waals surface area (Å²) in [5.41, 5.74) is 4.21. The molecule has 1 aliphatic rings. The number of methoxy groups -OCH3 is 1. The van der Waals surface area contributed by atoms with Crippen LogP contribution in [0.15, 0.2) is 78.9 Å². The number of nitrogens with one attached hydrogen (secondary N) is 1. The predicted molar refractivity (Wildman–Crippen MR) is 131 cm³/mol. The van der Waals surface area contributed by atoms with Crippen molar-refractivity contribution in [2.45, 2.75) is 6.04 Å². The van der Waals surface area contributed by atoms with Gasteiger partial charge in [-0.05, 0) is 47.5 Å². The van der Waals surface area contributed by atoms with Crippen LogP contribution in [0.25, 0.3) is 11.1 Å². The molecule has 9 nitrogen and oxygen atoms in total. The molecule has 1 saturated heterocycles. The zero-order chi connectivity index (χ0) is 24.9. The van der Waals surface area contributed by atoms with Gasteiger partial charge in [0.1, 0.15) is 5.75 Å². The molecule has 35 heavy (non-hydrogen) atoms. The molecule has 0 saturated carbocycles. The van der Waals surface area contributed by atoms with E-state index in [0.717, 1.165) is 16.0 Å². The molecule has 1 atom stereocenters. The molecular weight excluding hydrogens is 470 g/mol. The number of carbonyl (C=O) groups excluding carboxylic acids is 2. The van der Waals surface area contributed by atoms with E-state index in [1.165, 1.54) is 17.5 Å². The molecule has 2 N–H and O–H groups in total. The van der Waals surface area contributed by atoms with Crippen LogP contribution in [0.3, 0.4) is 0 Å². The Bertz CT molecular complexity index is 1350. The molecule has 0 bridgehead atoms. The van der Waals surface area contributed by atoms with E-state index in [0.29, 0.717) is 11.4 Å². The first kappa shape index (κ1) is 24.0. The van der Waals surface area contributed by atoms with Crippen molar-refractivity contribution in [3.05, 3.63) is 84.4 Å². The number of carbonyl (C=O) groups is 2. The van der Waals surface area contributed by atoms with Gasteiger partial charge >= 0.3 is 0 Å². The van der Waals surface area contributed by atoms with Gasteiger partial charge in [0.15, 0.2) is 11.0 Å². The third kappa shape index (κ3) is 4.88. The molecule has 1 heterocycles. The predicted octanol–water partition coefficient (Wildman–Crippen LogP) is 2.21. The standard InChI is InChI=1S/C25H23N3O6S/c1-34-21-13-11-20(12-14-21)27-15-16-28(25(35(32)33)22(27)23(29)26-31)24(30)19-9-7-18(8-10-19)17-5-3-2-4-6-17/h2-14,22,31H,15-16H2,1H3,(H,26,29). The van der Waals surface area contributed by atoms with Gasteiger partial charge in [0, 0.05) is 24.3 Å². The van der Waals surface area contributed by atoms with E-state index in [1.54, 1.807) is 48.5 Å². The summed E-state index contributed by atoms with van der Waals surface area (Å²) in [6.45, 7) is 0.169. The fraction of sp³-hybridized carbons (Fsp3) is 0.160. The van der Waals surface area contributed by atoms with E-state index in [1.807, 2.05) is 30.3 Å². The lowest BCUT2D eigenvalue weighted by atomic mass is 10.0. The summed E-state index contributed by atoms with van der Waals surface area (Å²) in [4.78, 5) is 28.1. The molecule has 1 unspecified atom stereocenters. The van der Waals surface area contributed by atoms with E-state index in [2.05, 4.69) is 0 Å². The SMILES string of the molecule is COc1ccc(N2CCN(C(=O)c3ccc(-c4ccccc4)cc3)C(=S(=O)=O)C2C(=O)NO)cc1. The number of hydrogen-bond acceptors (Lipinski definition) is 7. The van der Waals surface area contributed by atoms with Crippen molar-refractivity contribution in [1.29, 1.82) is 0 Å². The molecule has 1 aliphatic heterocycles. The molecule has 180 valence electrons. The van der Waals surface area contributed by atoms with Crippen LogP contribution in [0.5, 0.6) is 5.75 Å². The first-order valence-corrected chi connectivity index (χ1v) is 11.8. The van der Waals surface area contributed by atoms with Crippen molar-refractivity contribution in [3.63, 3.8) is 0 Å². The van der Waals surface area contributed by atoms with Crippen LogP contribution in [-0.4, -0.2) is 61.6 Å². The second kappa shape index (κ2) is 10.4. The molecule has 1 fully saturated rings. The maximum Gasteiger partial charge on any atom is 0.273 e. The van der Waals surface area contributed by atoms with Gasteiger partial charge in [-0.15, -0.1) is 0 Å². The number of rotatable bonds is 5. The van der Waals surface area contributed by atoms with Gasteiger partial charge in [-0.25, -0.2) is 5.48 Å². The normalized spacial score (nSPS) is 15.5. The summed E-state index contributed by atoms with van der Waals surface area (Å²) in [7, 11) is -1.42. The Kier molecular flexibility index (Phi) is 7.14. The smallest absolute Gasteiger partial charge is 0.273 e. The van der Waals surface area contributed by atoms with Crippen molar-refractivity contribution in [2.75, 3.05) is 25.1 Å². The lowest BCUT2D eigenvalue weighted by Gasteiger charge is -2.41. The van der Waals surface area contributed by atoms with E-state index < -0.39 is 33.1 Å². The number of amides is 2. The maximum atomic E-state index is 13.3. The molecule has 0 spiro atoms. The van der Waals surface area contributed by atoms with Crippen LogP contribution >= 0.6 is 0 Å². The maximum absolute atomic E-state index is 13.3. The highest BCUT2D eigenvalue weighted by atomic mass is 32.2. The number of nitrogens with zero attached hydrogens (tertiary/aromatic N) is 2. The second-order valence-corrected chi connectivity index (χ2v) is 8.63. The summed E-state index contributed by atoms with van der Waals surface area (Å²) in [6.07, 6.45) is 0. The van der Waals surface area contributed by atoms with Gasteiger partial charge in [0.25, 0.3) is 11.8 Å². The van der Waals surface area contributed by atoms with E-state index in [-0.39, 0.29) is 18.7 Å². The van der Waals surface area contributed by atoms with E-state index in [9.17, 15) is 23.2 Å². The lowest BCUT2D eigenvalue weighted by Crippen LogP contribution is -2.63. The van der Waals surface area contributed by atoms with Gasteiger partial charge in [-0.3, -0.25) is 19.7 Å². The number of benzene rings is 3. The highest BCUT2D eigenvalue weighted by Gasteiger charge is 2.42. The van der Waals surface area contributed by atoms with Crippen molar-refractivity contribution in [2.24, 2.45) is 0 Å². The van der Waals surface area contributed by atoms with Crippen molar-refractivity contribution in [1.82, 2.24) is 10.4 Å². The van der Waals surface area contributed by atoms with Crippen molar-refractivity contribution in [3.8, 4) is 16.9 Å². The molecule has 10 heteroatoms. The lowest BCUT2D eigenvalue weighted by molar-refractivity contribution is -0.129. The molecule has 0 aliphatic carbocycles. The van der Waals surface area contributed by atoms with Gasteiger partial charge < -0.3 is 9.64 Å². The zero-order valence-corrected chi connectivity index (χ0v) is 19.6. The van der Waals surface area contributed by atoms with Crippen LogP contribution in [0.4, 0.5) is 5.69 Å². The molecule has 0 aromatic heterocycles. The number of piperazine rings is 1. The molecule has 3 aromatic carbocycles.